The van der Waals surface area contributed by atoms with E-state index in [1.807, 2.05) is 11.8 Å². The zero-order valence-corrected chi connectivity index (χ0v) is 18.6. The molecular formula is C17H35IN4OS. The summed E-state index contributed by atoms with van der Waals surface area (Å²) in [5, 5.41) is 7.85. The summed E-state index contributed by atoms with van der Waals surface area (Å²) in [6, 6.07) is 0.583. The van der Waals surface area contributed by atoms with E-state index in [2.05, 4.69) is 35.6 Å². The van der Waals surface area contributed by atoms with Crippen molar-refractivity contribution >= 4 is 41.7 Å². The molecule has 2 N–H and O–H groups in total. The van der Waals surface area contributed by atoms with Crippen molar-refractivity contribution in [2.24, 2.45) is 10.9 Å². The van der Waals surface area contributed by atoms with Crippen LogP contribution in [0.15, 0.2) is 4.99 Å². The summed E-state index contributed by atoms with van der Waals surface area (Å²) in [4.78, 5) is 7.31. The molecule has 1 heterocycles. The topological polar surface area (TPSA) is 48.9 Å². The molecule has 0 amide bonds. The highest BCUT2D eigenvalue weighted by Gasteiger charge is 2.24. The maximum Gasteiger partial charge on any atom is 0.191 e. The van der Waals surface area contributed by atoms with Crippen molar-refractivity contribution in [2.75, 3.05) is 52.2 Å². The highest BCUT2D eigenvalue weighted by Crippen LogP contribution is 2.28. The largest absolute Gasteiger partial charge is 0.379 e. The summed E-state index contributed by atoms with van der Waals surface area (Å²) in [6.07, 6.45) is 6.07. The van der Waals surface area contributed by atoms with Crippen LogP contribution in [0.5, 0.6) is 0 Å². The van der Waals surface area contributed by atoms with E-state index < -0.39 is 0 Å². The monoisotopic (exact) mass is 470 g/mol. The van der Waals surface area contributed by atoms with Crippen LogP contribution in [0.2, 0.25) is 0 Å². The molecule has 0 spiro atoms. The number of nitrogens with zero attached hydrogens (tertiary/aromatic N) is 2. The van der Waals surface area contributed by atoms with Crippen molar-refractivity contribution in [3.63, 3.8) is 0 Å². The van der Waals surface area contributed by atoms with E-state index in [0.29, 0.717) is 12.0 Å². The minimum absolute atomic E-state index is 0. The second-order valence-electron chi connectivity index (χ2n) is 6.75. The normalized spacial score (nSPS) is 26.7. The maximum absolute atomic E-state index is 5.41. The Labute approximate surface area is 169 Å². The predicted molar refractivity (Wildman–Crippen MR) is 116 cm³/mol. The van der Waals surface area contributed by atoms with Gasteiger partial charge in [-0.15, -0.1) is 24.0 Å². The molecule has 1 aliphatic heterocycles. The van der Waals surface area contributed by atoms with Crippen LogP contribution in [-0.2, 0) is 4.74 Å². The molecule has 1 aliphatic carbocycles. The van der Waals surface area contributed by atoms with Gasteiger partial charge in [0.1, 0.15) is 0 Å². The molecule has 24 heavy (non-hydrogen) atoms. The molecule has 0 aromatic heterocycles. The van der Waals surface area contributed by atoms with Gasteiger partial charge in [0.2, 0.25) is 0 Å². The number of halogens is 1. The maximum atomic E-state index is 5.41. The van der Waals surface area contributed by atoms with Crippen LogP contribution in [-0.4, -0.2) is 74.3 Å². The highest BCUT2D eigenvalue weighted by atomic mass is 127. The summed E-state index contributed by atoms with van der Waals surface area (Å²) in [5.41, 5.74) is 0. The minimum atomic E-state index is 0. The fourth-order valence-corrected chi connectivity index (χ4v) is 4.12. The Morgan fingerprint density at radius 2 is 2.08 bits per heavy atom. The molecule has 5 nitrogen and oxygen atoms in total. The SMILES string of the molecule is CCNC(=NCC(C)CN1CCOCC1)NC1CCC(SC)C1.I. The lowest BCUT2D eigenvalue weighted by Gasteiger charge is -2.28. The Hall–Kier alpha value is 0.270. The first-order valence-corrected chi connectivity index (χ1v) is 10.4. The van der Waals surface area contributed by atoms with Crippen LogP contribution in [0, 0.1) is 5.92 Å². The van der Waals surface area contributed by atoms with Gasteiger partial charge in [0.15, 0.2) is 5.96 Å². The molecule has 0 aromatic rings. The fraction of sp³-hybridized carbons (Fsp3) is 0.941. The Bertz CT molecular complexity index is 366. The molecule has 142 valence electrons. The van der Waals surface area contributed by atoms with Gasteiger partial charge < -0.3 is 15.4 Å². The van der Waals surface area contributed by atoms with E-state index in [9.17, 15) is 0 Å². The van der Waals surface area contributed by atoms with Crippen molar-refractivity contribution in [3.05, 3.63) is 0 Å². The van der Waals surface area contributed by atoms with Gasteiger partial charge in [0.25, 0.3) is 0 Å². The molecule has 3 atom stereocenters. The highest BCUT2D eigenvalue weighted by molar-refractivity contribution is 14.0. The number of ether oxygens (including phenoxy) is 1. The summed E-state index contributed by atoms with van der Waals surface area (Å²) < 4.78 is 5.41. The van der Waals surface area contributed by atoms with Crippen LogP contribution in [0.1, 0.15) is 33.1 Å². The number of hydrogen-bond donors (Lipinski definition) is 2. The first-order valence-electron chi connectivity index (χ1n) is 9.09. The van der Waals surface area contributed by atoms with Gasteiger partial charge in [-0.05, 0) is 38.4 Å². The van der Waals surface area contributed by atoms with Gasteiger partial charge in [0, 0.05) is 44.0 Å². The smallest absolute Gasteiger partial charge is 0.191 e. The molecule has 1 saturated heterocycles. The van der Waals surface area contributed by atoms with Crippen LogP contribution in [0.25, 0.3) is 0 Å². The molecule has 3 unspecified atom stereocenters. The Kier molecular flexibility index (Phi) is 11.7. The number of guanidine groups is 1. The Morgan fingerprint density at radius 3 is 2.71 bits per heavy atom. The number of hydrogen-bond acceptors (Lipinski definition) is 4. The number of thioether (sulfide) groups is 1. The summed E-state index contributed by atoms with van der Waals surface area (Å²) >= 11 is 2.00. The molecular weight excluding hydrogens is 435 g/mol. The van der Waals surface area contributed by atoms with Crippen LogP contribution in [0.3, 0.4) is 0 Å². The van der Waals surface area contributed by atoms with E-state index in [4.69, 9.17) is 9.73 Å². The Morgan fingerprint density at radius 1 is 1.33 bits per heavy atom. The second kappa shape index (κ2) is 12.6. The number of nitrogens with one attached hydrogen (secondary N) is 2. The molecule has 0 bridgehead atoms. The third-order valence-corrected chi connectivity index (χ3v) is 5.73. The van der Waals surface area contributed by atoms with E-state index in [0.717, 1.165) is 57.1 Å². The van der Waals surface area contributed by atoms with Gasteiger partial charge in [0.05, 0.1) is 13.2 Å². The fourth-order valence-electron chi connectivity index (χ4n) is 3.33. The average Bonchev–Trinajstić information content (AvgIpc) is 3.01. The lowest BCUT2D eigenvalue weighted by molar-refractivity contribution is 0.0323. The summed E-state index contributed by atoms with van der Waals surface area (Å²) in [7, 11) is 0. The van der Waals surface area contributed by atoms with Crippen LogP contribution < -0.4 is 10.6 Å². The van der Waals surface area contributed by atoms with E-state index >= 15 is 0 Å². The van der Waals surface area contributed by atoms with Gasteiger partial charge in [-0.2, -0.15) is 11.8 Å². The molecule has 0 aromatic carbocycles. The number of morpholine rings is 1. The minimum Gasteiger partial charge on any atom is -0.379 e. The van der Waals surface area contributed by atoms with E-state index in [-0.39, 0.29) is 24.0 Å². The van der Waals surface area contributed by atoms with Crippen molar-refractivity contribution in [1.82, 2.24) is 15.5 Å². The van der Waals surface area contributed by atoms with Crippen molar-refractivity contribution < 1.29 is 4.74 Å². The van der Waals surface area contributed by atoms with Gasteiger partial charge in [-0.1, -0.05) is 6.92 Å². The lowest BCUT2D eigenvalue weighted by atomic mass is 10.1. The average molecular weight is 470 g/mol. The lowest BCUT2D eigenvalue weighted by Crippen LogP contribution is -2.43. The predicted octanol–water partition coefficient (Wildman–Crippen LogP) is 2.41. The first-order chi connectivity index (χ1) is 11.2. The molecule has 2 fully saturated rings. The quantitative estimate of drug-likeness (QED) is 0.340. The summed E-state index contributed by atoms with van der Waals surface area (Å²) in [6.45, 7) is 11.2. The van der Waals surface area contributed by atoms with Crippen LogP contribution in [0.4, 0.5) is 0 Å². The molecule has 2 aliphatic rings. The van der Waals surface area contributed by atoms with Gasteiger partial charge in [-0.25, -0.2) is 0 Å². The third-order valence-electron chi connectivity index (χ3n) is 4.64. The number of rotatable bonds is 7. The molecule has 1 saturated carbocycles. The first kappa shape index (κ1) is 22.3. The molecule has 7 heteroatoms. The Balaban J connectivity index is 0.00000288. The van der Waals surface area contributed by atoms with Crippen molar-refractivity contribution in [2.45, 2.75) is 44.4 Å². The number of aliphatic imine (C=N–C) groups is 1. The third kappa shape index (κ3) is 8.10. The zero-order chi connectivity index (χ0) is 16.5. The second-order valence-corrected chi connectivity index (χ2v) is 7.89. The van der Waals surface area contributed by atoms with Crippen LogP contribution >= 0.6 is 35.7 Å². The van der Waals surface area contributed by atoms with Crippen molar-refractivity contribution in [1.29, 1.82) is 0 Å². The van der Waals surface area contributed by atoms with Gasteiger partial charge >= 0.3 is 0 Å². The molecule has 2 rings (SSSR count). The van der Waals surface area contributed by atoms with E-state index in [1.165, 1.54) is 19.3 Å². The molecule has 0 radical (unpaired) electrons. The van der Waals surface area contributed by atoms with E-state index in [1.54, 1.807) is 0 Å². The standard InChI is InChI=1S/C17H34N4OS.HI/c1-4-18-17(20-15-5-6-16(11-15)23-3)19-12-14(2)13-21-7-9-22-10-8-21;/h14-16H,4-13H2,1-3H3,(H2,18,19,20);1H. The van der Waals surface area contributed by atoms with Gasteiger partial charge in [-0.3, -0.25) is 9.89 Å². The zero-order valence-electron chi connectivity index (χ0n) is 15.4. The van der Waals surface area contributed by atoms with Crippen molar-refractivity contribution in [3.8, 4) is 0 Å². The summed E-state index contributed by atoms with van der Waals surface area (Å²) in [5.74, 6) is 1.57.